The zero-order valence-electron chi connectivity index (χ0n) is 9.75. The summed E-state index contributed by atoms with van der Waals surface area (Å²) in [6.45, 7) is 5.16. The van der Waals surface area contributed by atoms with Gasteiger partial charge in [-0.15, -0.1) is 0 Å². The van der Waals surface area contributed by atoms with Gasteiger partial charge in [0.25, 0.3) is 5.69 Å². The van der Waals surface area contributed by atoms with Crippen LogP contribution in [0.25, 0.3) is 0 Å². The second-order valence-corrected chi connectivity index (χ2v) is 5.59. The van der Waals surface area contributed by atoms with Crippen LogP contribution in [0.4, 0.5) is 11.4 Å². The number of benzene rings is 1. The van der Waals surface area contributed by atoms with E-state index in [0.717, 1.165) is 0 Å². The predicted octanol–water partition coefficient (Wildman–Crippen LogP) is 3.84. The highest BCUT2D eigenvalue weighted by Gasteiger charge is 2.32. The Balaban J connectivity index is 3.40. The molecule has 1 aromatic rings. The summed E-state index contributed by atoms with van der Waals surface area (Å²) in [5.41, 5.74) is 0.203. The first-order chi connectivity index (χ1) is 7.84. The maximum Gasteiger partial charge on any atom is 0.459 e. The molecule has 0 saturated heterocycles. The Morgan fingerprint density at radius 2 is 2.06 bits per heavy atom. The Labute approximate surface area is 105 Å². The molecule has 92 valence electrons. The highest BCUT2D eigenvalue weighted by molar-refractivity contribution is 7.45. The van der Waals surface area contributed by atoms with Gasteiger partial charge in [-0.2, -0.15) is 4.67 Å². The van der Waals surface area contributed by atoms with Gasteiger partial charge in [0, 0.05) is 11.1 Å². The summed E-state index contributed by atoms with van der Waals surface area (Å²) in [4.78, 5) is 10.4. The lowest BCUT2D eigenvalue weighted by Gasteiger charge is -2.16. The second-order valence-electron chi connectivity index (χ2n) is 3.79. The van der Waals surface area contributed by atoms with E-state index in [1.165, 1.54) is 29.5 Å². The van der Waals surface area contributed by atoms with Gasteiger partial charge in [-0.05, 0) is 30.5 Å². The molecule has 1 rings (SSSR count). The smallest absolute Gasteiger partial charge is 0.258 e. The molecule has 17 heavy (non-hydrogen) atoms. The average molecular weight is 276 g/mol. The molecular weight excluding hydrogens is 263 g/mol. The van der Waals surface area contributed by atoms with Gasteiger partial charge in [-0.3, -0.25) is 10.1 Å². The molecule has 0 fully saturated rings. The number of nitro benzene ring substituents is 1. The van der Waals surface area contributed by atoms with Gasteiger partial charge >= 0.3 is 7.95 Å². The lowest BCUT2D eigenvalue weighted by Crippen LogP contribution is -2.23. The van der Waals surface area contributed by atoms with E-state index in [-0.39, 0.29) is 11.7 Å². The molecule has 0 radical (unpaired) electrons. The molecule has 1 unspecified atom stereocenters. The third kappa shape index (κ3) is 3.14. The molecule has 0 aliphatic heterocycles. The first kappa shape index (κ1) is 13.9. The topological polar surface area (TPSA) is 63.4 Å². The van der Waals surface area contributed by atoms with E-state index in [1.54, 1.807) is 0 Å². The van der Waals surface area contributed by atoms with Crippen molar-refractivity contribution in [3.05, 3.63) is 33.3 Å². The molecular formula is C10H13ClN2O3P+. The molecule has 1 atom stereocenters. The summed E-state index contributed by atoms with van der Waals surface area (Å²) < 4.78 is 13.2. The average Bonchev–Trinajstić information content (AvgIpc) is 2.15. The van der Waals surface area contributed by atoms with Crippen LogP contribution in [-0.4, -0.2) is 17.6 Å². The van der Waals surface area contributed by atoms with Crippen LogP contribution in [0.2, 0.25) is 5.02 Å². The number of anilines is 1. The van der Waals surface area contributed by atoms with Gasteiger partial charge in [0.15, 0.2) is 12.4 Å². The number of halogens is 1. The third-order valence-corrected chi connectivity index (χ3v) is 3.69. The number of hydrogen-bond acceptors (Lipinski definition) is 3. The fourth-order valence-electron chi connectivity index (χ4n) is 1.59. The van der Waals surface area contributed by atoms with Crippen molar-refractivity contribution in [1.82, 2.24) is 0 Å². The summed E-state index contributed by atoms with van der Waals surface area (Å²) in [5.74, 6) is 0. The van der Waals surface area contributed by atoms with Crippen molar-refractivity contribution >= 4 is 30.9 Å². The Morgan fingerprint density at radius 3 is 2.47 bits per heavy atom. The maximum absolute atomic E-state index is 11.7. The van der Waals surface area contributed by atoms with Crippen LogP contribution in [-0.2, 0) is 4.57 Å². The van der Waals surface area contributed by atoms with E-state index < -0.39 is 12.9 Å². The zero-order valence-corrected chi connectivity index (χ0v) is 11.4. The van der Waals surface area contributed by atoms with E-state index in [9.17, 15) is 14.7 Å². The van der Waals surface area contributed by atoms with Crippen LogP contribution >= 0.6 is 19.6 Å². The SMILES string of the molecule is CC(C)N(c1cc(Cl)ccc1[N+](=O)[O-])[P+](C)=O. The van der Waals surface area contributed by atoms with Crippen molar-refractivity contribution in [3.8, 4) is 0 Å². The number of nitrogens with zero attached hydrogens (tertiary/aromatic N) is 2. The minimum absolute atomic E-state index is 0.0895. The van der Waals surface area contributed by atoms with Crippen LogP contribution < -0.4 is 4.67 Å². The fourth-order valence-corrected chi connectivity index (χ4v) is 2.87. The Kier molecular flexibility index (Phi) is 4.43. The molecule has 0 heterocycles. The van der Waals surface area contributed by atoms with E-state index in [1.807, 2.05) is 13.8 Å². The highest BCUT2D eigenvalue weighted by Crippen LogP contribution is 2.40. The third-order valence-electron chi connectivity index (χ3n) is 2.17. The predicted molar refractivity (Wildman–Crippen MR) is 69.3 cm³/mol. The number of hydrogen-bond donors (Lipinski definition) is 0. The lowest BCUT2D eigenvalue weighted by molar-refractivity contribution is -0.384. The molecule has 0 aromatic heterocycles. The Bertz CT molecular complexity index is 465. The van der Waals surface area contributed by atoms with Gasteiger partial charge in [0.1, 0.15) is 0 Å². The summed E-state index contributed by atoms with van der Waals surface area (Å²) in [6.07, 6.45) is 0. The standard InChI is InChI=1S/C10H13ClN2O3P/c1-7(2)12(17(3)16)10-6-8(11)4-5-9(10)13(14)15/h4-7H,1-3H3/q+1. The molecule has 0 saturated carbocycles. The molecule has 0 aliphatic carbocycles. The maximum atomic E-state index is 11.7. The van der Waals surface area contributed by atoms with Crippen molar-refractivity contribution in [1.29, 1.82) is 0 Å². The van der Waals surface area contributed by atoms with Crippen LogP contribution in [0.3, 0.4) is 0 Å². The summed E-state index contributed by atoms with van der Waals surface area (Å²) in [5, 5.41) is 11.3. The number of nitro groups is 1. The van der Waals surface area contributed by atoms with Crippen molar-refractivity contribution in [2.45, 2.75) is 19.9 Å². The highest BCUT2D eigenvalue weighted by atomic mass is 35.5. The van der Waals surface area contributed by atoms with Crippen LogP contribution in [0.5, 0.6) is 0 Å². The monoisotopic (exact) mass is 275 g/mol. The molecule has 0 aliphatic rings. The van der Waals surface area contributed by atoms with Crippen LogP contribution in [0, 0.1) is 10.1 Å². The molecule has 0 bridgehead atoms. The van der Waals surface area contributed by atoms with Crippen LogP contribution in [0.1, 0.15) is 13.8 Å². The summed E-state index contributed by atoms with van der Waals surface area (Å²) in [6, 6.07) is 4.13. The zero-order chi connectivity index (χ0) is 13.2. The van der Waals surface area contributed by atoms with Crippen molar-refractivity contribution < 1.29 is 9.49 Å². The number of rotatable bonds is 4. The molecule has 0 amide bonds. The van der Waals surface area contributed by atoms with E-state index in [2.05, 4.69) is 0 Å². The quantitative estimate of drug-likeness (QED) is 0.476. The lowest BCUT2D eigenvalue weighted by atomic mass is 10.2. The van der Waals surface area contributed by atoms with Gasteiger partial charge < -0.3 is 0 Å². The van der Waals surface area contributed by atoms with E-state index >= 15 is 0 Å². The minimum Gasteiger partial charge on any atom is -0.258 e. The molecule has 1 aromatic carbocycles. The molecule has 7 heteroatoms. The molecule has 0 spiro atoms. The fraction of sp³-hybridized carbons (Fsp3) is 0.400. The van der Waals surface area contributed by atoms with Crippen molar-refractivity contribution in [2.75, 3.05) is 11.3 Å². The van der Waals surface area contributed by atoms with Gasteiger partial charge in [0.05, 0.1) is 11.0 Å². The molecule has 0 N–H and O–H groups in total. The first-order valence-electron chi connectivity index (χ1n) is 4.98. The minimum atomic E-state index is -1.71. The summed E-state index contributed by atoms with van der Waals surface area (Å²) >= 11 is 5.83. The van der Waals surface area contributed by atoms with Crippen molar-refractivity contribution in [3.63, 3.8) is 0 Å². The Hall–Kier alpha value is -1.19. The Morgan fingerprint density at radius 1 is 1.47 bits per heavy atom. The van der Waals surface area contributed by atoms with Crippen molar-refractivity contribution in [2.24, 2.45) is 0 Å². The normalized spacial score (nSPS) is 11.5. The summed E-state index contributed by atoms with van der Waals surface area (Å²) in [7, 11) is -1.71. The van der Waals surface area contributed by atoms with Gasteiger partial charge in [0.2, 0.25) is 0 Å². The van der Waals surface area contributed by atoms with Gasteiger partial charge in [-0.25, -0.2) is 0 Å². The largest absolute Gasteiger partial charge is 0.459 e. The van der Waals surface area contributed by atoms with E-state index in [0.29, 0.717) is 10.7 Å². The second kappa shape index (κ2) is 5.43. The van der Waals surface area contributed by atoms with Crippen LogP contribution in [0.15, 0.2) is 18.2 Å². The molecule has 5 nitrogen and oxygen atoms in total. The van der Waals surface area contributed by atoms with Gasteiger partial charge in [-0.1, -0.05) is 11.6 Å². The first-order valence-corrected chi connectivity index (χ1v) is 7.02. The van der Waals surface area contributed by atoms with E-state index in [4.69, 9.17) is 11.6 Å².